The van der Waals surface area contributed by atoms with Gasteiger partial charge in [-0.05, 0) is 94.1 Å². The van der Waals surface area contributed by atoms with Crippen molar-refractivity contribution in [3.8, 4) is 11.8 Å². The number of unbranched alkanes of at least 4 members (excludes halogenated alkanes) is 1. The number of hydrogen-bond acceptors (Lipinski definition) is 5. The highest BCUT2D eigenvalue weighted by Crippen LogP contribution is 2.45. The Hall–Kier alpha value is -0.829. The van der Waals surface area contributed by atoms with E-state index in [1.54, 1.807) is 0 Å². The third-order valence-corrected chi connectivity index (χ3v) is 20.6. The Morgan fingerprint density at radius 3 is 2.15 bits per heavy atom. The van der Waals surface area contributed by atoms with Gasteiger partial charge in [0.25, 0.3) is 0 Å². The molecule has 0 aromatic carbocycles. The summed E-state index contributed by atoms with van der Waals surface area (Å²) in [6, 6.07) is 3.33. The second kappa shape index (κ2) is 19.5. The van der Waals surface area contributed by atoms with Crippen molar-refractivity contribution in [3.05, 3.63) is 23.5 Å². The average molecular weight is 728 g/mol. The van der Waals surface area contributed by atoms with Crippen LogP contribution in [0.15, 0.2) is 23.5 Å². The van der Waals surface area contributed by atoms with Crippen molar-refractivity contribution in [3.63, 3.8) is 0 Å². The molecule has 0 N–H and O–H groups in total. The van der Waals surface area contributed by atoms with E-state index < -0.39 is 25.0 Å². The summed E-state index contributed by atoms with van der Waals surface area (Å²) in [5, 5.41) is -0.239. The van der Waals surface area contributed by atoms with Gasteiger partial charge in [-0.1, -0.05) is 85.3 Å². The zero-order valence-electron chi connectivity index (χ0n) is 32.8. The first kappa shape index (κ1) is 44.2. The van der Waals surface area contributed by atoms with E-state index in [4.69, 9.17) is 29.6 Å². The molecule has 0 saturated heterocycles. The molecule has 0 aromatic rings. The van der Waals surface area contributed by atoms with E-state index in [-0.39, 0.29) is 34.0 Å². The van der Waals surface area contributed by atoms with E-state index in [1.807, 2.05) is 0 Å². The summed E-state index contributed by atoms with van der Waals surface area (Å²) in [6.07, 6.45) is 12.1. The molecule has 1 aliphatic carbocycles. The van der Waals surface area contributed by atoms with Crippen molar-refractivity contribution in [2.24, 2.45) is 5.92 Å². The zero-order valence-corrected chi connectivity index (χ0v) is 36.5. The second-order valence-corrected chi connectivity index (χ2v) is 30.7. The maximum atomic E-state index is 11.6. The molecule has 2 unspecified atom stereocenters. The summed E-state index contributed by atoms with van der Waals surface area (Å²) >= 11 is 6.62. The van der Waals surface area contributed by atoms with E-state index in [1.165, 1.54) is 12.7 Å². The molecule has 1 rings (SSSR count). The van der Waals surface area contributed by atoms with E-state index in [2.05, 4.69) is 112 Å². The molecule has 0 radical (unpaired) electrons. The number of halogens is 1. The summed E-state index contributed by atoms with van der Waals surface area (Å²) in [7, 11) is -4.33. The van der Waals surface area contributed by atoms with E-state index in [9.17, 15) is 4.79 Å². The minimum Gasteiger partial charge on any atom is -0.546 e. The van der Waals surface area contributed by atoms with Crippen molar-refractivity contribution < 1.29 is 22.8 Å². The van der Waals surface area contributed by atoms with Crippen molar-refractivity contribution in [2.75, 3.05) is 7.11 Å². The third kappa shape index (κ3) is 14.9. The number of methoxy groups -OCH3 is 1. The van der Waals surface area contributed by atoms with Gasteiger partial charge in [-0.2, -0.15) is 0 Å². The minimum atomic E-state index is -2.11. The van der Waals surface area contributed by atoms with Crippen molar-refractivity contribution >= 4 is 42.5 Å². The molecule has 0 aromatic heterocycles. The maximum Gasteiger partial charge on any atom is 0.305 e. The van der Waals surface area contributed by atoms with Gasteiger partial charge in [-0.25, -0.2) is 0 Å². The van der Waals surface area contributed by atoms with Crippen molar-refractivity contribution in [2.45, 2.75) is 186 Å². The SMILES string of the molecule is CCCCC(C)(C/C=C/[C@H]1C(CC#CC(Cl)CCCC(=O)OC)=C(O[Si](C)(C)C(C)(C)C)C[C@@H]1O[Si](CC)(CC)CC)O[Si](C)(C)C. The Morgan fingerprint density at radius 2 is 1.64 bits per heavy atom. The molecule has 0 amide bonds. The van der Waals surface area contributed by atoms with Crippen LogP contribution in [0.4, 0.5) is 0 Å². The van der Waals surface area contributed by atoms with Gasteiger partial charge in [0.15, 0.2) is 16.6 Å². The maximum absolute atomic E-state index is 11.6. The topological polar surface area (TPSA) is 54.0 Å². The van der Waals surface area contributed by atoms with Crippen LogP contribution in [0.1, 0.15) is 113 Å². The zero-order chi connectivity index (χ0) is 36.1. The largest absolute Gasteiger partial charge is 0.546 e. The number of ether oxygens (including phenoxy) is 1. The standard InChI is InChI=1S/C38H71ClO5Si3/c1-15-19-28-38(8,44-45(10,11)12)29-22-26-33-32(25-20-23-31(39)24-21-27-36(40)41-9)34(42-46(13,14)37(5,6)7)30-35(33)43-47(16-2,17-3)18-4/h22,26,31,33,35H,15-19,21,24-25,27-30H2,1-14H3/b26-22+/t31?,33-,35-,38?/m0/s1. The Labute approximate surface area is 298 Å². The van der Waals surface area contributed by atoms with Gasteiger partial charge in [0.05, 0.1) is 30.0 Å². The number of alkyl halides is 1. The van der Waals surface area contributed by atoms with Gasteiger partial charge in [-0.3, -0.25) is 4.79 Å². The monoisotopic (exact) mass is 726 g/mol. The average Bonchev–Trinajstić information content (AvgIpc) is 3.27. The molecule has 5 nitrogen and oxygen atoms in total. The van der Waals surface area contributed by atoms with E-state index in [0.717, 1.165) is 56.0 Å². The summed E-state index contributed by atoms with van der Waals surface area (Å²) in [4.78, 5) is 11.6. The number of hydrogen-bond donors (Lipinski definition) is 0. The van der Waals surface area contributed by atoms with Gasteiger partial charge in [0, 0.05) is 25.2 Å². The molecule has 4 atom stereocenters. The van der Waals surface area contributed by atoms with Crippen LogP contribution in [-0.4, -0.2) is 55.1 Å². The molecule has 0 saturated carbocycles. The van der Waals surface area contributed by atoms with Gasteiger partial charge in [0.2, 0.25) is 8.32 Å². The molecule has 9 heteroatoms. The van der Waals surface area contributed by atoms with Crippen LogP contribution in [0.5, 0.6) is 0 Å². The summed E-state index contributed by atoms with van der Waals surface area (Å²) in [6.45, 7) is 29.9. The lowest BCUT2D eigenvalue weighted by atomic mass is 9.92. The summed E-state index contributed by atoms with van der Waals surface area (Å²) < 4.78 is 26.0. The number of rotatable bonds is 20. The van der Waals surface area contributed by atoms with Crippen LogP contribution in [0.2, 0.25) is 55.9 Å². The molecule has 47 heavy (non-hydrogen) atoms. The highest BCUT2D eigenvalue weighted by molar-refractivity contribution is 6.74. The summed E-state index contributed by atoms with van der Waals surface area (Å²) in [5.41, 5.74) is 1.07. The third-order valence-electron chi connectivity index (χ3n) is 10.2. The summed E-state index contributed by atoms with van der Waals surface area (Å²) in [5.74, 6) is 7.68. The normalized spacial score (nSPS) is 19.8. The first-order valence-electron chi connectivity index (χ1n) is 18.4. The highest BCUT2D eigenvalue weighted by Gasteiger charge is 2.45. The van der Waals surface area contributed by atoms with Crippen LogP contribution in [0.3, 0.4) is 0 Å². The second-order valence-electron chi connectivity index (χ2n) is 16.3. The molecule has 0 fully saturated rings. The Bertz CT molecular complexity index is 1080. The first-order chi connectivity index (χ1) is 21.7. The van der Waals surface area contributed by atoms with Crippen LogP contribution >= 0.6 is 11.6 Å². The lowest BCUT2D eigenvalue weighted by molar-refractivity contribution is -0.140. The number of carbonyl (C=O) groups excluding carboxylic acids is 1. The lowest BCUT2D eigenvalue weighted by Gasteiger charge is -2.37. The molecule has 0 spiro atoms. The predicted molar refractivity (Wildman–Crippen MR) is 210 cm³/mol. The fourth-order valence-corrected chi connectivity index (χ4v) is 12.0. The molecular weight excluding hydrogens is 656 g/mol. The van der Waals surface area contributed by atoms with Crippen molar-refractivity contribution in [1.29, 1.82) is 0 Å². The number of esters is 1. The first-order valence-corrected chi connectivity index (χ1v) is 27.6. The van der Waals surface area contributed by atoms with Gasteiger partial charge < -0.3 is 18.0 Å². The Kier molecular flexibility index (Phi) is 18.4. The highest BCUT2D eigenvalue weighted by atomic mass is 35.5. The number of carbonyl (C=O) groups is 1. The van der Waals surface area contributed by atoms with Crippen LogP contribution < -0.4 is 0 Å². The quantitative estimate of drug-likeness (QED) is 0.0411. The predicted octanol–water partition coefficient (Wildman–Crippen LogP) is 11.8. The van der Waals surface area contributed by atoms with Crippen molar-refractivity contribution in [1.82, 2.24) is 0 Å². The van der Waals surface area contributed by atoms with Crippen LogP contribution in [0.25, 0.3) is 0 Å². The van der Waals surface area contributed by atoms with Crippen LogP contribution in [0, 0.1) is 17.8 Å². The van der Waals surface area contributed by atoms with Gasteiger partial charge in [-0.15, -0.1) is 11.6 Å². The molecule has 272 valence electrons. The Morgan fingerprint density at radius 1 is 1.02 bits per heavy atom. The van der Waals surface area contributed by atoms with Crippen LogP contribution in [-0.2, 0) is 22.8 Å². The molecule has 1 aliphatic rings. The van der Waals surface area contributed by atoms with Gasteiger partial charge in [0.1, 0.15) is 0 Å². The Balaban J connectivity index is 3.61. The molecule has 0 aliphatic heterocycles. The lowest BCUT2D eigenvalue weighted by Crippen LogP contribution is -2.42. The molecule has 0 bridgehead atoms. The fraction of sp³-hybridized carbons (Fsp3) is 0.816. The molecule has 0 heterocycles. The minimum absolute atomic E-state index is 0.0426. The van der Waals surface area contributed by atoms with E-state index >= 15 is 0 Å². The van der Waals surface area contributed by atoms with Gasteiger partial charge >= 0.3 is 5.97 Å². The fourth-order valence-electron chi connectivity index (χ4n) is 6.12. The smallest absolute Gasteiger partial charge is 0.305 e. The van der Waals surface area contributed by atoms with E-state index in [0.29, 0.717) is 25.7 Å². The molecular formula is C38H71ClO5Si3.